The van der Waals surface area contributed by atoms with Gasteiger partial charge in [-0.2, -0.15) is 4.98 Å². The third kappa shape index (κ3) is 2.82. The molecule has 0 atom stereocenters. The molecule has 0 saturated carbocycles. The first-order valence-corrected chi connectivity index (χ1v) is 9.02. The van der Waals surface area contributed by atoms with Crippen LogP contribution in [0.1, 0.15) is 25.0 Å². The van der Waals surface area contributed by atoms with Crippen molar-refractivity contribution < 1.29 is 13.6 Å². The molecule has 2 heterocycles. The first kappa shape index (κ1) is 16.9. The van der Waals surface area contributed by atoms with Crippen molar-refractivity contribution in [1.82, 2.24) is 13.9 Å². The van der Waals surface area contributed by atoms with Crippen LogP contribution in [0.25, 0.3) is 11.2 Å². The number of fused-ring (bicyclic) bond motifs is 1. The van der Waals surface area contributed by atoms with Gasteiger partial charge in [-0.15, -0.1) is 0 Å². The summed E-state index contributed by atoms with van der Waals surface area (Å²) in [5, 5.41) is 12.1. The first-order chi connectivity index (χ1) is 11.9. The Morgan fingerprint density at radius 2 is 1.92 bits per heavy atom. The van der Waals surface area contributed by atoms with Crippen LogP contribution in [-0.2, 0) is 10.0 Å². The minimum atomic E-state index is -3.72. The Bertz CT molecular complexity index is 1060. The van der Waals surface area contributed by atoms with Crippen molar-refractivity contribution in [3.63, 3.8) is 0 Å². The SMILES string of the molecule is CC(C)S(=O)(=O)n1c(N)nc2ncc(/C(=N/O)c3ccccc3)cc21. The van der Waals surface area contributed by atoms with Gasteiger partial charge in [-0.25, -0.2) is 17.4 Å². The van der Waals surface area contributed by atoms with Gasteiger partial charge in [-0.1, -0.05) is 35.5 Å². The van der Waals surface area contributed by atoms with Crippen LogP contribution in [0.5, 0.6) is 0 Å². The molecule has 1 aromatic carbocycles. The molecule has 0 amide bonds. The number of anilines is 1. The van der Waals surface area contributed by atoms with Crippen LogP contribution in [0, 0.1) is 0 Å². The van der Waals surface area contributed by atoms with Crippen molar-refractivity contribution in [1.29, 1.82) is 0 Å². The van der Waals surface area contributed by atoms with Gasteiger partial charge in [0.1, 0.15) is 11.2 Å². The lowest BCUT2D eigenvalue weighted by molar-refractivity contribution is 0.319. The number of imidazole rings is 1. The summed E-state index contributed by atoms with van der Waals surface area (Å²) < 4.78 is 26.1. The number of nitrogens with zero attached hydrogens (tertiary/aromatic N) is 4. The number of aromatic nitrogens is 3. The number of oxime groups is 1. The molecule has 25 heavy (non-hydrogen) atoms. The van der Waals surface area contributed by atoms with Crippen molar-refractivity contribution in [2.75, 3.05) is 5.73 Å². The molecule has 130 valence electrons. The summed E-state index contributed by atoms with van der Waals surface area (Å²) in [7, 11) is -3.72. The Morgan fingerprint density at radius 1 is 1.24 bits per heavy atom. The van der Waals surface area contributed by atoms with Crippen molar-refractivity contribution in [2.45, 2.75) is 19.1 Å². The van der Waals surface area contributed by atoms with Gasteiger partial charge in [-0.05, 0) is 19.9 Å². The number of hydrogen-bond acceptors (Lipinski definition) is 7. The molecule has 0 spiro atoms. The standard InChI is InChI=1S/C16H17N5O3S/c1-10(2)25(23,24)21-13-8-12(9-18-15(13)19-16(21)17)14(20-22)11-6-4-3-5-7-11/h3-10,22H,1-2H3,(H2,17,18,19)/b20-14+. The van der Waals surface area contributed by atoms with Crippen molar-refractivity contribution in [3.8, 4) is 0 Å². The van der Waals surface area contributed by atoms with Gasteiger partial charge in [0.05, 0.1) is 5.25 Å². The van der Waals surface area contributed by atoms with E-state index in [2.05, 4.69) is 15.1 Å². The molecule has 3 N–H and O–H groups in total. The topological polar surface area (TPSA) is 123 Å². The van der Waals surface area contributed by atoms with Gasteiger partial charge < -0.3 is 10.9 Å². The molecule has 9 heteroatoms. The van der Waals surface area contributed by atoms with E-state index in [-0.39, 0.29) is 22.8 Å². The molecule has 2 aromatic heterocycles. The van der Waals surface area contributed by atoms with Gasteiger partial charge in [0.15, 0.2) is 5.65 Å². The van der Waals surface area contributed by atoms with E-state index < -0.39 is 15.3 Å². The summed E-state index contributed by atoms with van der Waals surface area (Å²) in [6.07, 6.45) is 1.46. The number of nitrogen functional groups attached to an aromatic ring is 1. The quantitative estimate of drug-likeness (QED) is 0.416. The predicted octanol–water partition coefficient (Wildman–Crippen LogP) is 1.83. The molecule has 3 rings (SSSR count). The van der Waals surface area contributed by atoms with Crippen molar-refractivity contribution in [3.05, 3.63) is 53.7 Å². The van der Waals surface area contributed by atoms with Gasteiger partial charge in [0.2, 0.25) is 16.0 Å². The zero-order chi connectivity index (χ0) is 18.2. The van der Waals surface area contributed by atoms with E-state index in [0.29, 0.717) is 11.1 Å². The lowest BCUT2D eigenvalue weighted by Gasteiger charge is -2.11. The summed E-state index contributed by atoms with van der Waals surface area (Å²) in [6, 6.07) is 10.5. The molecule has 0 aliphatic rings. The maximum atomic E-state index is 12.6. The Kier molecular flexibility index (Phi) is 4.17. The van der Waals surface area contributed by atoms with Crippen molar-refractivity contribution >= 4 is 32.8 Å². The highest BCUT2D eigenvalue weighted by Crippen LogP contribution is 2.23. The third-order valence-corrected chi connectivity index (χ3v) is 5.85. The highest BCUT2D eigenvalue weighted by molar-refractivity contribution is 7.90. The van der Waals surface area contributed by atoms with Crippen LogP contribution in [0.3, 0.4) is 0 Å². The Labute approximate surface area is 144 Å². The summed E-state index contributed by atoms with van der Waals surface area (Å²) in [5.74, 6) is -0.157. The van der Waals surface area contributed by atoms with E-state index in [1.165, 1.54) is 6.20 Å². The number of benzene rings is 1. The van der Waals surface area contributed by atoms with Gasteiger partial charge in [0.25, 0.3) is 0 Å². The third-order valence-electron chi connectivity index (χ3n) is 3.77. The fourth-order valence-electron chi connectivity index (χ4n) is 2.44. The molecule has 0 radical (unpaired) electrons. The molecule has 0 aliphatic carbocycles. The Balaban J connectivity index is 2.24. The second-order valence-electron chi connectivity index (χ2n) is 5.71. The van der Waals surface area contributed by atoms with Crippen LogP contribution in [-0.4, -0.2) is 38.5 Å². The normalized spacial score (nSPS) is 12.8. The lowest BCUT2D eigenvalue weighted by atomic mass is 10.0. The molecule has 0 bridgehead atoms. The average Bonchev–Trinajstić information content (AvgIpc) is 2.92. The fourth-order valence-corrected chi connectivity index (χ4v) is 3.58. The smallest absolute Gasteiger partial charge is 0.244 e. The van der Waals surface area contributed by atoms with E-state index in [4.69, 9.17) is 5.73 Å². The highest BCUT2D eigenvalue weighted by Gasteiger charge is 2.25. The molecular formula is C16H17N5O3S. The second-order valence-corrected chi connectivity index (χ2v) is 8.05. The minimum Gasteiger partial charge on any atom is -0.410 e. The van der Waals surface area contributed by atoms with Crippen LogP contribution in [0.15, 0.2) is 47.8 Å². The summed E-state index contributed by atoms with van der Waals surface area (Å²) in [4.78, 5) is 8.17. The number of hydrogen-bond donors (Lipinski definition) is 2. The van der Waals surface area contributed by atoms with Gasteiger partial charge in [0, 0.05) is 17.3 Å². The zero-order valence-corrected chi connectivity index (χ0v) is 14.5. The van der Waals surface area contributed by atoms with Gasteiger partial charge in [-0.3, -0.25) is 0 Å². The summed E-state index contributed by atoms with van der Waals surface area (Å²) >= 11 is 0. The van der Waals surface area contributed by atoms with Crippen LogP contribution in [0.2, 0.25) is 0 Å². The monoisotopic (exact) mass is 359 g/mol. The fraction of sp³-hybridized carbons (Fsp3) is 0.188. The van der Waals surface area contributed by atoms with E-state index in [9.17, 15) is 13.6 Å². The molecular weight excluding hydrogens is 342 g/mol. The highest BCUT2D eigenvalue weighted by atomic mass is 32.2. The van der Waals surface area contributed by atoms with E-state index >= 15 is 0 Å². The van der Waals surface area contributed by atoms with E-state index in [1.54, 1.807) is 44.2 Å². The number of nitrogens with two attached hydrogens (primary N) is 1. The zero-order valence-electron chi connectivity index (χ0n) is 13.7. The molecule has 0 unspecified atom stereocenters. The molecule has 8 nitrogen and oxygen atoms in total. The maximum absolute atomic E-state index is 12.6. The lowest BCUT2D eigenvalue weighted by Crippen LogP contribution is -2.23. The molecule has 0 saturated heterocycles. The first-order valence-electron chi connectivity index (χ1n) is 7.52. The summed E-state index contributed by atoms with van der Waals surface area (Å²) in [5.41, 5.74) is 7.62. The van der Waals surface area contributed by atoms with Crippen molar-refractivity contribution in [2.24, 2.45) is 5.16 Å². The van der Waals surface area contributed by atoms with Crippen LogP contribution in [0.4, 0.5) is 5.95 Å². The Hall–Kier alpha value is -2.94. The average molecular weight is 359 g/mol. The van der Waals surface area contributed by atoms with E-state index in [1.807, 2.05) is 6.07 Å². The van der Waals surface area contributed by atoms with Crippen LogP contribution >= 0.6 is 0 Å². The maximum Gasteiger partial charge on any atom is 0.244 e. The number of rotatable bonds is 4. The van der Waals surface area contributed by atoms with Crippen LogP contribution < -0.4 is 5.73 Å². The second kappa shape index (κ2) is 6.17. The Morgan fingerprint density at radius 3 is 2.52 bits per heavy atom. The van der Waals surface area contributed by atoms with Gasteiger partial charge >= 0.3 is 0 Å². The largest absolute Gasteiger partial charge is 0.410 e. The predicted molar refractivity (Wildman–Crippen MR) is 95.3 cm³/mol. The minimum absolute atomic E-state index is 0.157. The molecule has 3 aromatic rings. The molecule has 0 fully saturated rings. The number of pyridine rings is 1. The summed E-state index contributed by atoms with van der Waals surface area (Å²) in [6.45, 7) is 3.12. The molecule has 0 aliphatic heterocycles. The van der Waals surface area contributed by atoms with E-state index in [0.717, 1.165) is 3.97 Å².